The van der Waals surface area contributed by atoms with Crippen LogP contribution < -0.4 is 0 Å². The lowest BCUT2D eigenvalue weighted by Gasteiger charge is -2.58. The first-order valence-electron chi connectivity index (χ1n) is 10.2. The normalized spacial score (nSPS) is 43.4. The van der Waals surface area contributed by atoms with Gasteiger partial charge in [-0.3, -0.25) is 14.4 Å². The number of fused-ring (bicyclic) bond motifs is 3. The van der Waals surface area contributed by atoms with Crippen molar-refractivity contribution in [3.63, 3.8) is 0 Å². The van der Waals surface area contributed by atoms with Gasteiger partial charge in [-0.25, -0.2) is 0 Å². The highest BCUT2D eigenvalue weighted by Gasteiger charge is 2.60. The topological polar surface area (TPSA) is 101 Å². The molecule has 3 rings (SSSR count). The number of esters is 1. The maximum atomic E-state index is 11.6. The zero-order valence-electron chi connectivity index (χ0n) is 16.6. The van der Waals surface area contributed by atoms with Gasteiger partial charge in [0.2, 0.25) is 0 Å². The van der Waals surface area contributed by atoms with E-state index in [1.165, 1.54) is 6.92 Å². The summed E-state index contributed by atoms with van der Waals surface area (Å²) in [6.07, 6.45) is 5.41. The molecule has 3 fully saturated rings. The molecule has 0 unspecified atom stereocenters. The van der Waals surface area contributed by atoms with E-state index in [2.05, 4.69) is 6.92 Å². The van der Waals surface area contributed by atoms with Gasteiger partial charge in [-0.1, -0.05) is 13.8 Å². The number of rotatable bonds is 5. The second-order valence-corrected chi connectivity index (χ2v) is 9.55. The summed E-state index contributed by atoms with van der Waals surface area (Å²) >= 11 is 0. The molecular formula is C21H32O6. The van der Waals surface area contributed by atoms with Gasteiger partial charge in [0, 0.05) is 18.8 Å². The zero-order valence-corrected chi connectivity index (χ0v) is 16.6. The van der Waals surface area contributed by atoms with Crippen molar-refractivity contribution in [2.45, 2.75) is 78.2 Å². The molecule has 0 aromatic heterocycles. The fourth-order valence-corrected chi connectivity index (χ4v) is 7.03. The second-order valence-electron chi connectivity index (χ2n) is 9.55. The van der Waals surface area contributed by atoms with Crippen molar-refractivity contribution in [3.8, 4) is 0 Å². The standard InChI is InChI=1S/C21H32O6/c1-12(22)27-17-7-6-15-14-5-4-13(10-18(23)24)21(3,11-19(25)26)16(14)8-9-20(15,17)2/h13-17H,4-11H2,1-3H3,(H,23,24)(H,25,26)/t13-,14+,15+,16+,17+,20+,21+/m1/s1. The Morgan fingerprint density at radius 2 is 1.67 bits per heavy atom. The van der Waals surface area contributed by atoms with Crippen LogP contribution in [0.3, 0.4) is 0 Å². The van der Waals surface area contributed by atoms with Crippen LogP contribution in [0.15, 0.2) is 0 Å². The van der Waals surface area contributed by atoms with E-state index in [-0.39, 0.29) is 42.2 Å². The van der Waals surface area contributed by atoms with E-state index in [0.29, 0.717) is 11.8 Å². The van der Waals surface area contributed by atoms with Gasteiger partial charge in [-0.15, -0.1) is 0 Å². The average molecular weight is 380 g/mol. The molecule has 0 bridgehead atoms. The van der Waals surface area contributed by atoms with Crippen molar-refractivity contribution in [1.29, 1.82) is 0 Å². The molecule has 0 aromatic carbocycles. The van der Waals surface area contributed by atoms with Gasteiger partial charge < -0.3 is 14.9 Å². The molecule has 152 valence electrons. The highest BCUT2D eigenvalue weighted by molar-refractivity contribution is 5.69. The number of carbonyl (C=O) groups is 3. The van der Waals surface area contributed by atoms with Crippen molar-refractivity contribution < 1.29 is 29.3 Å². The zero-order chi connectivity index (χ0) is 20.0. The molecule has 0 amide bonds. The Morgan fingerprint density at radius 1 is 0.963 bits per heavy atom. The first-order chi connectivity index (χ1) is 12.6. The van der Waals surface area contributed by atoms with Crippen LogP contribution in [0.2, 0.25) is 0 Å². The van der Waals surface area contributed by atoms with E-state index in [0.717, 1.165) is 38.5 Å². The number of hydrogen-bond acceptors (Lipinski definition) is 4. The Kier molecular flexibility index (Phi) is 5.30. The van der Waals surface area contributed by atoms with E-state index in [9.17, 15) is 24.6 Å². The predicted octanol–water partition coefficient (Wildman–Crippen LogP) is 3.73. The Balaban J connectivity index is 1.88. The fourth-order valence-electron chi connectivity index (χ4n) is 7.03. The maximum Gasteiger partial charge on any atom is 0.303 e. The summed E-state index contributed by atoms with van der Waals surface area (Å²) in [6, 6.07) is 0. The minimum atomic E-state index is -0.842. The third kappa shape index (κ3) is 3.47. The third-order valence-electron chi connectivity index (χ3n) is 8.24. The van der Waals surface area contributed by atoms with Crippen molar-refractivity contribution in [2.75, 3.05) is 0 Å². The molecule has 0 aromatic rings. The smallest absolute Gasteiger partial charge is 0.303 e. The summed E-state index contributed by atoms with van der Waals surface area (Å²) in [6.45, 7) is 5.70. The molecule has 0 saturated heterocycles. The van der Waals surface area contributed by atoms with E-state index in [1.807, 2.05) is 6.92 Å². The SMILES string of the molecule is CC(=O)O[C@H]1CC[C@H]2[C@@H]3CC[C@H](CC(=O)O)[C@](C)(CC(=O)O)[C@H]3CC[C@]12C. The van der Waals surface area contributed by atoms with Gasteiger partial charge in [0.25, 0.3) is 0 Å². The van der Waals surface area contributed by atoms with Crippen LogP contribution in [0.4, 0.5) is 0 Å². The summed E-state index contributed by atoms with van der Waals surface area (Å²) < 4.78 is 5.64. The molecule has 0 aliphatic heterocycles. The lowest BCUT2D eigenvalue weighted by molar-refractivity contribution is -0.165. The Labute approximate surface area is 160 Å². The van der Waals surface area contributed by atoms with Crippen LogP contribution in [0, 0.1) is 34.5 Å². The molecule has 0 heterocycles. The summed E-state index contributed by atoms with van der Waals surface area (Å²) in [7, 11) is 0. The van der Waals surface area contributed by atoms with Gasteiger partial charge in [0.05, 0.1) is 6.42 Å². The lowest BCUT2D eigenvalue weighted by atomic mass is 9.46. The third-order valence-corrected chi connectivity index (χ3v) is 8.24. The van der Waals surface area contributed by atoms with Crippen LogP contribution in [0.1, 0.15) is 72.1 Å². The van der Waals surface area contributed by atoms with Crippen LogP contribution in [-0.4, -0.2) is 34.2 Å². The second kappa shape index (κ2) is 7.10. The average Bonchev–Trinajstić information content (AvgIpc) is 2.85. The van der Waals surface area contributed by atoms with Crippen LogP contribution in [0.5, 0.6) is 0 Å². The van der Waals surface area contributed by atoms with Gasteiger partial charge in [-0.2, -0.15) is 0 Å². The van der Waals surface area contributed by atoms with Crippen LogP contribution in [-0.2, 0) is 19.1 Å². The van der Waals surface area contributed by atoms with Crippen LogP contribution >= 0.6 is 0 Å². The highest BCUT2D eigenvalue weighted by Crippen LogP contribution is 2.65. The predicted molar refractivity (Wildman–Crippen MR) is 97.9 cm³/mol. The fraction of sp³-hybridized carbons (Fsp3) is 0.857. The van der Waals surface area contributed by atoms with Crippen molar-refractivity contribution in [1.82, 2.24) is 0 Å². The Morgan fingerprint density at radius 3 is 2.26 bits per heavy atom. The molecule has 27 heavy (non-hydrogen) atoms. The first-order valence-corrected chi connectivity index (χ1v) is 10.2. The number of carboxylic acids is 2. The van der Waals surface area contributed by atoms with Crippen molar-refractivity contribution >= 4 is 17.9 Å². The van der Waals surface area contributed by atoms with E-state index < -0.39 is 17.4 Å². The molecule has 3 aliphatic carbocycles. The number of hydrogen-bond donors (Lipinski definition) is 2. The number of carbonyl (C=O) groups excluding carboxylic acids is 1. The highest BCUT2D eigenvalue weighted by atomic mass is 16.5. The number of ether oxygens (including phenoxy) is 1. The van der Waals surface area contributed by atoms with Gasteiger partial charge in [-0.05, 0) is 67.6 Å². The number of carboxylic acid groups (broad SMARTS) is 2. The molecule has 3 aliphatic rings. The molecule has 6 heteroatoms. The summed E-state index contributed by atoms with van der Waals surface area (Å²) in [5.74, 6) is -0.983. The molecule has 3 saturated carbocycles. The number of aliphatic carboxylic acids is 2. The van der Waals surface area contributed by atoms with Crippen LogP contribution in [0.25, 0.3) is 0 Å². The van der Waals surface area contributed by atoms with E-state index in [4.69, 9.17) is 4.74 Å². The first kappa shape index (κ1) is 20.2. The molecule has 2 N–H and O–H groups in total. The largest absolute Gasteiger partial charge is 0.481 e. The summed E-state index contributed by atoms with van der Waals surface area (Å²) in [5.41, 5.74) is -0.537. The van der Waals surface area contributed by atoms with E-state index in [1.54, 1.807) is 0 Å². The molecule has 6 nitrogen and oxygen atoms in total. The van der Waals surface area contributed by atoms with Crippen molar-refractivity contribution in [3.05, 3.63) is 0 Å². The summed E-state index contributed by atoms with van der Waals surface area (Å²) in [4.78, 5) is 34.5. The minimum Gasteiger partial charge on any atom is -0.481 e. The minimum absolute atomic E-state index is 0.0307. The monoisotopic (exact) mass is 380 g/mol. The van der Waals surface area contributed by atoms with E-state index >= 15 is 0 Å². The van der Waals surface area contributed by atoms with Gasteiger partial charge in [0.1, 0.15) is 6.10 Å². The molecule has 7 atom stereocenters. The molecular weight excluding hydrogens is 348 g/mol. The summed E-state index contributed by atoms with van der Waals surface area (Å²) in [5, 5.41) is 18.9. The molecule has 0 radical (unpaired) electrons. The van der Waals surface area contributed by atoms with Crippen molar-refractivity contribution in [2.24, 2.45) is 34.5 Å². The Bertz CT molecular complexity index is 630. The Hall–Kier alpha value is -1.59. The lowest BCUT2D eigenvalue weighted by Crippen LogP contribution is -2.53. The van der Waals surface area contributed by atoms with Gasteiger partial charge in [0.15, 0.2) is 0 Å². The quantitative estimate of drug-likeness (QED) is 0.705. The van der Waals surface area contributed by atoms with Gasteiger partial charge >= 0.3 is 17.9 Å². The maximum absolute atomic E-state index is 11.6. The molecule has 0 spiro atoms.